The highest BCUT2D eigenvalue weighted by Gasteiger charge is 2.28. The van der Waals surface area contributed by atoms with Gasteiger partial charge in [-0.15, -0.1) is 11.3 Å². The van der Waals surface area contributed by atoms with Crippen LogP contribution in [0.15, 0.2) is 22.2 Å². The van der Waals surface area contributed by atoms with Gasteiger partial charge in [0.25, 0.3) is 5.91 Å². The number of aromatic nitrogens is 3. The van der Waals surface area contributed by atoms with Gasteiger partial charge in [0.1, 0.15) is 16.9 Å². The first-order chi connectivity index (χ1) is 15.6. The Kier molecular flexibility index (Phi) is 6.62. The van der Waals surface area contributed by atoms with Crippen LogP contribution in [0.4, 0.5) is 16.2 Å². The zero-order valence-corrected chi connectivity index (χ0v) is 21.4. The van der Waals surface area contributed by atoms with Gasteiger partial charge < -0.3 is 25.3 Å². The van der Waals surface area contributed by atoms with Crippen LogP contribution in [0.3, 0.4) is 0 Å². The molecule has 1 saturated heterocycles. The number of carbonyl (C=O) groups excluding carboxylic acids is 2. The van der Waals surface area contributed by atoms with E-state index < -0.39 is 11.7 Å². The molecule has 1 aliphatic heterocycles. The number of nitrogens with zero attached hydrogens (tertiary/aromatic N) is 3. The maximum absolute atomic E-state index is 12.7. The minimum atomic E-state index is -0.549. The topological polar surface area (TPSA) is 112 Å². The summed E-state index contributed by atoms with van der Waals surface area (Å²) in [6, 6.07) is -0.0568. The molecule has 2 amide bonds. The number of carbonyl (C=O) groups is 2. The second-order valence-corrected chi connectivity index (χ2v) is 10.9. The van der Waals surface area contributed by atoms with E-state index in [4.69, 9.17) is 4.74 Å². The largest absolute Gasteiger partial charge is 0.444 e. The summed E-state index contributed by atoms with van der Waals surface area (Å²) in [6.07, 6.45) is 4.84. The SMILES string of the molecule is Cc1nc(C(=O)Nc2c[nH]c3ncc(Br)c(N4CCCC(NC(=O)OC(C)(C)C)C4)c23)cs1. The molecule has 3 N–H and O–H groups in total. The van der Waals surface area contributed by atoms with Crippen LogP contribution >= 0.6 is 27.3 Å². The lowest BCUT2D eigenvalue weighted by molar-refractivity contribution is 0.0500. The Morgan fingerprint density at radius 3 is 2.85 bits per heavy atom. The van der Waals surface area contributed by atoms with Gasteiger partial charge in [-0.1, -0.05) is 0 Å². The average molecular weight is 535 g/mol. The molecule has 0 spiro atoms. The van der Waals surface area contributed by atoms with Crippen LogP contribution < -0.4 is 15.5 Å². The number of amides is 2. The molecule has 176 valence electrons. The van der Waals surface area contributed by atoms with Gasteiger partial charge in [0, 0.05) is 36.9 Å². The number of halogens is 1. The third kappa shape index (κ3) is 5.47. The minimum absolute atomic E-state index is 0.0568. The molecular weight excluding hydrogens is 508 g/mol. The van der Waals surface area contributed by atoms with Crippen LogP contribution in [-0.2, 0) is 4.74 Å². The number of thiazole rings is 1. The molecule has 9 nitrogen and oxygen atoms in total. The molecule has 4 rings (SSSR count). The van der Waals surface area contributed by atoms with Crippen LogP contribution in [0.25, 0.3) is 11.0 Å². The van der Waals surface area contributed by atoms with Crippen molar-refractivity contribution < 1.29 is 14.3 Å². The van der Waals surface area contributed by atoms with Crippen molar-refractivity contribution in [2.75, 3.05) is 23.3 Å². The summed E-state index contributed by atoms with van der Waals surface area (Å²) in [7, 11) is 0. The molecule has 0 saturated carbocycles. The van der Waals surface area contributed by atoms with Crippen molar-refractivity contribution in [2.45, 2.75) is 52.2 Å². The standard InChI is InChI=1S/C22H27BrN6O3S/c1-12-26-16(11-33-12)20(30)28-15-9-25-19-17(15)18(14(23)8-24-19)29-7-5-6-13(10-29)27-21(31)32-22(2,3)4/h8-9,11,13H,5-7,10H2,1-4H3,(H,24,25)(H,27,31)(H,28,30). The number of ether oxygens (including phenoxy) is 1. The zero-order valence-electron chi connectivity index (χ0n) is 19.0. The maximum Gasteiger partial charge on any atom is 0.407 e. The number of aromatic amines is 1. The van der Waals surface area contributed by atoms with Crippen LogP contribution in [0.1, 0.15) is 49.1 Å². The van der Waals surface area contributed by atoms with Crippen molar-refractivity contribution in [2.24, 2.45) is 0 Å². The Balaban J connectivity index is 1.59. The number of hydrogen-bond donors (Lipinski definition) is 3. The molecular formula is C22H27BrN6O3S. The fourth-order valence-electron chi connectivity index (χ4n) is 3.89. The highest BCUT2D eigenvalue weighted by molar-refractivity contribution is 9.10. The number of alkyl carbamates (subject to hydrolysis) is 1. The molecule has 0 bridgehead atoms. The van der Waals surface area contributed by atoms with E-state index in [1.54, 1.807) is 17.8 Å². The van der Waals surface area contributed by atoms with Crippen molar-refractivity contribution in [1.82, 2.24) is 20.3 Å². The first-order valence-corrected chi connectivity index (χ1v) is 12.4. The smallest absolute Gasteiger partial charge is 0.407 e. The number of rotatable bonds is 4. The molecule has 4 heterocycles. The predicted molar refractivity (Wildman–Crippen MR) is 133 cm³/mol. The van der Waals surface area contributed by atoms with E-state index in [-0.39, 0.29) is 11.9 Å². The molecule has 0 radical (unpaired) electrons. The quantitative estimate of drug-likeness (QED) is 0.441. The molecule has 0 aliphatic carbocycles. The molecule has 1 atom stereocenters. The molecule has 1 unspecified atom stereocenters. The molecule has 3 aromatic rings. The Bertz CT molecular complexity index is 1180. The predicted octanol–water partition coefficient (Wildman–Crippen LogP) is 4.84. The van der Waals surface area contributed by atoms with Crippen molar-refractivity contribution in [3.8, 4) is 0 Å². The molecule has 1 fully saturated rings. The van der Waals surface area contributed by atoms with E-state index in [1.807, 2.05) is 27.7 Å². The first-order valence-electron chi connectivity index (χ1n) is 10.7. The van der Waals surface area contributed by atoms with E-state index in [0.717, 1.165) is 39.9 Å². The summed E-state index contributed by atoms with van der Waals surface area (Å²) in [5, 5.41) is 9.34. The van der Waals surface area contributed by atoms with Gasteiger partial charge in [-0.05, 0) is 56.5 Å². The Labute approximate surface area is 204 Å². The first kappa shape index (κ1) is 23.5. The van der Waals surface area contributed by atoms with Gasteiger partial charge in [-0.25, -0.2) is 14.8 Å². The lowest BCUT2D eigenvalue weighted by atomic mass is 10.0. The number of fused-ring (bicyclic) bond motifs is 1. The highest BCUT2D eigenvalue weighted by Crippen LogP contribution is 2.39. The lowest BCUT2D eigenvalue weighted by Crippen LogP contribution is -2.49. The number of hydrogen-bond acceptors (Lipinski definition) is 7. The lowest BCUT2D eigenvalue weighted by Gasteiger charge is -2.36. The molecule has 11 heteroatoms. The minimum Gasteiger partial charge on any atom is -0.444 e. The van der Waals surface area contributed by atoms with E-state index in [1.165, 1.54) is 11.3 Å². The summed E-state index contributed by atoms with van der Waals surface area (Å²) >= 11 is 5.08. The average Bonchev–Trinajstić information content (AvgIpc) is 3.33. The van der Waals surface area contributed by atoms with Gasteiger partial charge in [0.15, 0.2) is 0 Å². The number of piperidine rings is 1. The Morgan fingerprint density at radius 2 is 2.15 bits per heavy atom. The number of nitrogens with one attached hydrogen (secondary N) is 3. The third-order valence-corrected chi connectivity index (χ3v) is 6.54. The second-order valence-electron chi connectivity index (χ2n) is 9.02. The molecule has 1 aliphatic rings. The van der Waals surface area contributed by atoms with Gasteiger partial charge in [0.2, 0.25) is 0 Å². The summed E-state index contributed by atoms with van der Waals surface area (Å²) in [4.78, 5) is 39.1. The fourth-order valence-corrected chi connectivity index (χ4v) is 5.03. The molecule has 0 aromatic carbocycles. The fraction of sp³-hybridized carbons (Fsp3) is 0.455. The van der Waals surface area contributed by atoms with Crippen LogP contribution in [-0.4, -0.2) is 51.7 Å². The van der Waals surface area contributed by atoms with E-state index in [0.29, 0.717) is 23.6 Å². The van der Waals surface area contributed by atoms with Crippen LogP contribution in [0.2, 0.25) is 0 Å². The van der Waals surface area contributed by atoms with E-state index >= 15 is 0 Å². The Hall–Kier alpha value is -2.66. The van der Waals surface area contributed by atoms with Crippen molar-refractivity contribution >= 4 is 61.7 Å². The summed E-state index contributed by atoms with van der Waals surface area (Å²) in [5.74, 6) is -0.269. The highest BCUT2D eigenvalue weighted by atomic mass is 79.9. The monoisotopic (exact) mass is 534 g/mol. The van der Waals surface area contributed by atoms with Crippen LogP contribution in [0, 0.1) is 6.92 Å². The Morgan fingerprint density at radius 1 is 1.36 bits per heavy atom. The van der Waals surface area contributed by atoms with Gasteiger partial charge >= 0.3 is 6.09 Å². The number of H-pyrrole nitrogens is 1. The van der Waals surface area contributed by atoms with Crippen molar-refractivity contribution in [3.05, 3.63) is 32.9 Å². The normalized spacial score (nSPS) is 16.6. The maximum atomic E-state index is 12.7. The zero-order chi connectivity index (χ0) is 23.8. The number of aryl methyl sites for hydroxylation is 1. The molecule has 33 heavy (non-hydrogen) atoms. The summed E-state index contributed by atoms with van der Waals surface area (Å²) in [5.41, 5.74) is 2.05. The van der Waals surface area contributed by atoms with Crippen molar-refractivity contribution in [3.63, 3.8) is 0 Å². The molecule has 3 aromatic heterocycles. The summed E-state index contributed by atoms with van der Waals surface area (Å²) < 4.78 is 6.24. The second kappa shape index (κ2) is 9.30. The van der Waals surface area contributed by atoms with E-state index in [9.17, 15) is 9.59 Å². The van der Waals surface area contributed by atoms with Crippen molar-refractivity contribution in [1.29, 1.82) is 0 Å². The number of anilines is 2. The van der Waals surface area contributed by atoms with Gasteiger partial charge in [-0.2, -0.15) is 0 Å². The van der Waals surface area contributed by atoms with E-state index in [2.05, 4.69) is 46.4 Å². The van der Waals surface area contributed by atoms with Crippen LogP contribution in [0.5, 0.6) is 0 Å². The third-order valence-electron chi connectivity index (χ3n) is 5.19. The van der Waals surface area contributed by atoms with Gasteiger partial charge in [0.05, 0.1) is 26.2 Å². The summed E-state index contributed by atoms with van der Waals surface area (Å²) in [6.45, 7) is 8.83. The number of pyridine rings is 1. The van der Waals surface area contributed by atoms with Gasteiger partial charge in [-0.3, -0.25) is 4.79 Å².